The number of hydrogen-bond donors (Lipinski definition) is 1. The highest BCUT2D eigenvalue weighted by Crippen LogP contribution is 2.32. The van der Waals surface area contributed by atoms with E-state index in [9.17, 15) is 9.59 Å². The fourth-order valence-electron chi connectivity index (χ4n) is 3.21. The van der Waals surface area contributed by atoms with Gasteiger partial charge in [-0.1, -0.05) is 6.07 Å². The molecule has 0 aliphatic carbocycles. The third-order valence-electron chi connectivity index (χ3n) is 4.70. The Bertz CT molecular complexity index is 813. The topological polar surface area (TPSA) is 84.3 Å². The molecule has 8 heteroatoms. The third kappa shape index (κ3) is 4.06. The molecule has 0 saturated carbocycles. The van der Waals surface area contributed by atoms with Crippen molar-refractivity contribution in [1.82, 2.24) is 15.1 Å². The summed E-state index contributed by atoms with van der Waals surface area (Å²) >= 11 is 0. The maximum absolute atomic E-state index is 12.3. The number of carbonyl (C=O) groups excluding carboxylic acids is 2. The number of amides is 2. The first-order valence-corrected chi connectivity index (χ1v) is 8.89. The maximum Gasteiger partial charge on any atom is 0.311 e. The van der Waals surface area contributed by atoms with Crippen molar-refractivity contribution in [3.63, 3.8) is 0 Å². The molecule has 8 nitrogen and oxygen atoms in total. The van der Waals surface area contributed by atoms with Crippen LogP contribution in [0.2, 0.25) is 0 Å². The second-order valence-electron chi connectivity index (χ2n) is 6.52. The first-order chi connectivity index (χ1) is 13.2. The number of carbonyl (C=O) groups is 2. The van der Waals surface area contributed by atoms with Crippen LogP contribution in [0, 0.1) is 0 Å². The highest BCUT2D eigenvalue weighted by molar-refractivity contribution is 6.34. The van der Waals surface area contributed by atoms with Crippen molar-refractivity contribution in [2.24, 2.45) is 0 Å². The van der Waals surface area contributed by atoms with Gasteiger partial charge in [0.25, 0.3) is 0 Å². The Morgan fingerprint density at radius 2 is 1.85 bits per heavy atom. The molecule has 4 rings (SSSR count). The Balaban J connectivity index is 1.24. The van der Waals surface area contributed by atoms with Gasteiger partial charge in [-0.3, -0.25) is 14.5 Å². The molecule has 2 aliphatic rings. The standard InChI is InChI=1S/C19H21N3O5/c23-18(20-11-15-2-1-9-25-15)19(24)22-7-5-21(6-8-22)12-14-3-4-16-17(10-14)27-13-26-16/h1-4,9-10H,5-8,11-13H2,(H,20,23). The van der Waals surface area contributed by atoms with Crippen molar-refractivity contribution >= 4 is 11.8 Å². The third-order valence-corrected chi connectivity index (χ3v) is 4.70. The lowest BCUT2D eigenvalue weighted by Gasteiger charge is -2.34. The largest absolute Gasteiger partial charge is 0.467 e. The van der Waals surface area contributed by atoms with Crippen LogP contribution in [0.3, 0.4) is 0 Å². The number of nitrogens with one attached hydrogen (secondary N) is 1. The molecule has 1 fully saturated rings. The van der Waals surface area contributed by atoms with E-state index < -0.39 is 11.8 Å². The van der Waals surface area contributed by atoms with Gasteiger partial charge in [0, 0.05) is 32.7 Å². The number of nitrogens with zero attached hydrogens (tertiary/aromatic N) is 2. The maximum atomic E-state index is 12.3. The van der Waals surface area contributed by atoms with E-state index >= 15 is 0 Å². The first kappa shape index (κ1) is 17.4. The molecule has 2 aromatic rings. The van der Waals surface area contributed by atoms with Crippen LogP contribution in [0.4, 0.5) is 0 Å². The predicted molar refractivity (Wildman–Crippen MR) is 95.0 cm³/mol. The van der Waals surface area contributed by atoms with Crippen molar-refractivity contribution in [3.05, 3.63) is 47.9 Å². The van der Waals surface area contributed by atoms with Crippen molar-refractivity contribution in [1.29, 1.82) is 0 Å². The Hall–Kier alpha value is -3.00. The second-order valence-corrected chi connectivity index (χ2v) is 6.52. The summed E-state index contributed by atoms with van der Waals surface area (Å²) in [5.41, 5.74) is 1.13. The Morgan fingerprint density at radius 1 is 1.04 bits per heavy atom. The first-order valence-electron chi connectivity index (χ1n) is 8.89. The molecule has 0 bridgehead atoms. The number of rotatable bonds is 4. The van der Waals surface area contributed by atoms with Crippen LogP contribution in [0.15, 0.2) is 41.0 Å². The van der Waals surface area contributed by atoms with Gasteiger partial charge < -0.3 is 24.1 Å². The van der Waals surface area contributed by atoms with Crippen LogP contribution in [-0.2, 0) is 22.7 Å². The molecule has 2 amide bonds. The van der Waals surface area contributed by atoms with Gasteiger partial charge in [-0.15, -0.1) is 0 Å². The van der Waals surface area contributed by atoms with E-state index in [2.05, 4.69) is 10.2 Å². The van der Waals surface area contributed by atoms with Gasteiger partial charge >= 0.3 is 11.8 Å². The fourth-order valence-corrected chi connectivity index (χ4v) is 3.21. The Labute approximate surface area is 156 Å². The number of furan rings is 1. The summed E-state index contributed by atoms with van der Waals surface area (Å²) in [6, 6.07) is 9.41. The molecule has 0 unspecified atom stereocenters. The minimum atomic E-state index is -0.601. The molecule has 0 atom stereocenters. The zero-order valence-electron chi connectivity index (χ0n) is 14.8. The minimum Gasteiger partial charge on any atom is -0.467 e. The summed E-state index contributed by atoms with van der Waals surface area (Å²) in [5.74, 6) is 1.06. The number of fused-ring (bicyclic) bond motifs is 1. The van der Waals surface area contributed by atoms with Gasteiger partial charge in [0.05, 0.1) is 12.8 Å². The van der Waals surface area contributed by atoms with Crippen molar-refractivity contribution in [3.8, 4) is 11.5 Å². The SMILES string of the molecule is O=C(NCc1ccco1)C(=O)N1CCN(Cc2ccc3c(c2)OCO3)CC1. The molecule has 0 radical (unpaired) electrons. The van der Waals surface area contributed by atoms with Crippen LogP contribution in [-0.4, -0.2) is 54.6 Å². The number of hydrogen-bond acceptors (Lipinski definition) is 6. The van der Waals surface area contributed by atoms with Gasteiger partial charge in [-0.05, 0) is 29.8 Å². The number of benzene rings is 1. The van der Waals surface area contributed by atoms with E-state index in [1.807, 2.05) is 18.2 Å². The number of piperazine rings is 1. The predicted octanol–water partition coefficient (Wildman–Crippen LogP) is 0.969. The summed E-state index contributed by atoms with van der Waals surface area (Å²) in [6.45, 7) is 3.72. The van der Waals surface area contributed by atoms with Gasteiger partial charge in [0.2, 0.25) is 6.79 Å². The lowest BCUT2D eigenvalue weighted by Crippen LogP contribution is -2.52. The van der Waals surface area contributed by atoms with Crippen LogP contribution in [0.5, 0.6) is 11.5 Å². The lowest BCUT2D eigenvalue weighted by molar-refractivity contribution is -0.147. The molecule has 142 valence electrons. The van der Waals surface area contributed by atoms with E-state index in [-0.39, 0.29) is 13.3 Å². The average molecular weight is 371 g/mol. The monoisotopic (exact) mass is 371 g/mol. The summed E-state index contributed by atoms with van der Waals surface area (Å²) in [6.07, 6.45) is 1.53. The minimum absolute atomic E-state index is 0.210. The highest BCUT2D eigenvalue weighted by atomic mass is 16.7. The summed E-state index contributed by atoms with van der Waals surface area (Å²) < 4.78 is 15.9. The van der Waals surface area contributed by atoms with Gasteiger partial charge in [0.15, 0.2) is 11.5 Å². The quantitative estimate of drug-likeness (QED) is 0.807. The van der Waals surface area contributed by atoms with Gasteiger partial charge in [-0.25, -0.2) is 0 Å². The molecule has 3 heterocycles. The van der Waals surface area contributed by atoms with Gasteiger partial charge in [0.1, 0.15) is 5.76 Å². The molecule has 1 aromatic heterocycles. The van der Waals surface area contributed by atoms with Crippen LogP contribution < -0.4 is 14.8 Å². The van der Waals surface area contributed by atoms with Crippen LogP contribution in [0.25, 0.3) is 0 Å². The lowest BCUT2D eigenvalue weighted by atomic mass is 10.1. The van der Waals surface area contributed by atoms with E-state index in [1.54, 1.807) is 17.0 Å². The Kier molecular flexibility index (Phi) is 4.97. The summed E-state index contributed by atoms with van der Waals surface area (Å²) in [7, 11) is 0. The molecule has 0 spiro atoms. The normalized spacial score (nSPS) is 16.4. The van der Waals surface area contributed by atoms with Crippen molar-refractivity contribution in [2.45, 2.75) is 13.1 Å². The molecule has 27 heavy (non-hydrogen) atoms. The summed E-state index contributed by atoms with van der Waals surface area (Å²) in [5, 5.41) is 2.59. The molecule has 1 aromatic carbocycles. The summed E-state index contributed by atoms with van der Waals surface area (Å²) in [4.78, 5) is 28.2. The molecular formula is C19H21N3O5. The van der Waals surface area contributed by atoms with Gasteiger partial charge in [-0.2, -0.15) is 0 Å². The molecule has 2 aliphatic heterocycles. The van der Waals surface area contributed by atoms with Crippen LogP contribution >= 0.6 is 0 Å². The zero-order valence-corrected chi connectivity index (χ0v) is 14.8. The van der Waals surface area contributed by atoms with E-state index in [1.165, 1.54) is 6.26 Å². The number of ether oxygens (including phenoxy) is 2. The second kappa shape index (κ2) is 7.71. The van der Waals surface area contributed by atoms with Crippen molar-refractivity contribution in [2.75, 3.05) is 33.0 Å². The van der Waals surface area contributed by atoms with Crippen LogP contribution in [0.1, 0.15) is 11.3 Å². The van der Waals surface area contributed by atoms with E-state index in [0.29, 0.717) is 31.9 Å². The molecular weight excluding hydrogens is 350 g/mol. The zero-order chi connectivity index (χ0) is 18.6. The Morgan fingerprint density at radius 3 is 2.63 bits per heavy atom. The fraction of sp³-hybridized carbons (Fsp3) is 0.368. The van der Waals surface area contributed by atoms with Crippen molar-refractivity contribution < 1.29 is 23.5 Å². The van der Waals surface area contributed by atoms with E-state index in [4.69, 9.17) is 13.9 Å². The average Bonchev–Trinajstić information content (AvgIpc) is 3.37. The smallest absolute Gasteiger partial charge is 0.311 e. The molecule has 1 N–H and O–H groups in total. The van der Waals surface area contributed by atoms with E-state index in [0.717, 1.165) is 23.6 Å². The highest BCUT2D eigenvalue weighted by Gasteiger charge is 2.26. The molecule has 1 saturated heterocycles.